The van der Waals surface area contributed by atoms with Crippen molar-refractivity contribution in [1.82, 2.24) is 0 Å². The van der Waals surface area contributed by atoms with Crippen molar-refractivity contribution in [2.45, 2.75) is 19.4 Å². The summed E-state index contributed by atoms with van der Waals surface area (Å²) in [5, 5.41) is -0.00541. The van der Waals surface area contributed by atoms with Gasteiger partial charge in [0, 0.05) is 13.0 Å². The van der Waals surface area contributed by atoms with E-state index in [1.807, 2.05) is 37.3 Å². The Balaban J connectivity index is 2.21. The molecule has 0 aliphatic carbocycles. The van der Waals surface area contributed by atoms with Crippen molar-refractivity contribution in [3.05, 3.63) is 70.5 Å². The van der Waals surface area contributed by atoms with E-state index in [4.69, 9.17) is 16.3 Å². The fourth-order valence-corrected chi connectivity index (χ4v) is 2.33. The van der Waals surface area contributed by atoms with E-state index in [-0.39, 0.29) is 17.2 Å². The molecule has 0 saturated carbocycles. The maximum atomic E-state index is 13.4. The SMILES string of the molecule is CCOC(C(=O)Cc1cccc(F)c1Cl)c1ccccc1. The molecule has 1 unspecified atom stereocenters. The van der Waals surface area contributed by atoms with Crippen LogP contribution in [0.1, 0.15) is 24.2 Å². The molecular weight excluding hydrogens is 291 g/mol. The standard InChI is InChI=1S/C17H16ClFO2/c1-2-21-17(12-7-4-3-5-8-12)15(20)11-13-9-6-10-14(19)16(13)18/h3-10,17H,2,11H2,1H3. The molecule has 2 aromatic carbocycles. The number of halogens is 2. The Morgan fingerprint density at radius 3 is 2.57 bits per heavy atom. The van der Waals surface area contributed by atoms with Crippen molar-refractivity contribution in [1.29, 1.82) is 0 Å². The largest absolute Gasteiger partial charge is 0.366 e. The Labute approximate surface area is 128 Å². The van der Waals surface area contributed by atoms with Gasteiger partial charge in [0.2, 0.25) is 0 Å². The molecule has 0 N–H and O–H groups in total. The van der Waals surface area contributed by atoms with Crippen molar-refractivity contribution in [2.24, 2.45) is 0 Å². The highest BCUT2D eigenvalue weighted by molar-refractivity contribution is 6.31. The molecule has 2 rings (SSSR count). The molecule has 110 valence electrons. The smallest absolute Gasteiger partial charge is 0.170 e. The Kier molecular flexibility index (Phi) is 5.48. The van der Waals surface area contributed by atoms with E-state index >= 15 is 0 Å². The van der Waals surface area contributed by atoms with Crippen LogP contribution in [-0.2, 0) is 16.0 Å². The normalized spacial score (nSPS) is 12.1. The number of ketones is 1. The van der Waals surface area contributed by atoms with Crippen molar-refractivity contribution < 1.29 is 13.9 Å². The third-order valence-electron chi connectivity index (χ3n) is 3.12. The van der Waals surface area contributed by atoms with Crippen molar-refractivity contribution in [2.75, 3.05) is 6.61 Å². The number of hydrogen-bond acceptors (Lipinski definition) is 2. The predicted octanol–water partition coefficient (Wildman–Crippen LogP) is 4.37. The molecule has 21 heavy (non-hydrogen) atoms. The van der Waals surface area contributed by atoms with Gasteiger partial charge >= 0.3 is 0 Å². The number of carbonyl (C=O) groups excluding carboxylic acids is 1. The highest BCUT2D eigenvalue weighted by Gasteiger charge is 2.22. The minimum atomic E-state index is -0.657. The van der Waals surface area contributed by atoms with Crippen LogP contribution in [0.25, 0.3) is 0 Å². The maximum Gasteiger partial charge on any atom is 0.170 e. The van der Waals surface area contributed by atoms with Gasteiger partial charge < -0.3 is 4.74 Å². The second kappa shape index (κ2) is 7.34. The lowest BCUT2D eigenvalue weighted by atomic mass is 9.99. The van der Waals surface area contributed by atoms with E-state index in [1.165, 1.54) is 6.07 Å². The Morgan fingerprint density at radius 2 is 1.90 bits per heavy atom. The zero-order valence-corrected chi connectivity index (χ0v) is 12.4. The molecule has 2 nitrogen and oxygen atoms in total. The third-order valence-corrected chi connectivity index (χ3v) is 3.55. The lowest BCUT2D eigenvalue weighted by molar-refractivity contribution is -0.130. The first-order valence-electron chi connectivity index (χ1n) is 6.75. The van der Waals surface area contributed by atoms with Crippen LogP contribution in [0, 0.1) is 5.82 Å². The van der Waals surface area contributed by atoms with Gasteiger partial charge in [-0.15, -0.1) is 0 Å². The van der Waals surface area contributed by atoms with Gasteiger partial charge in [0.05, 0.1) is 5.02 Å². The fraction of sp³-hybridized carbons (Fsp3) is 0.235. The minimum Gasteiger partial charge on any atom is -0.366 e. The van der Waals surface area contributed by atoms with Gasteiger partial charge in [-0.1, -0.05) is 54.1 Å². The fourth-order valence-electron chi connectivity index (χ4n) is 2.13. The van der Waals surface area contributed by atoms with Gasteiger partial charge in [-0.25, -0.2) is 4.39 Å². The average molecular weight is 307 g/mol. The van der Waals surface area contributed by atoms with Crippen LogP contribution in [0.15, 0.2) is 48.5 Å². The molecule has 2 aromatic rings. The summed E-state index contributed by atoms with van der Waals surface area (Å²) in [6.07, 6.45) is -0.619. The Morgan fingerprint density at radius 1 is 1.19 bits per heavy atom. The van der Waals surface area contributed by atoms with Crippen LogP contribution in [0.4, 0.5) is 4.39 Å². The third kappa shape index (κ3) is 3.90. The van der Waals surface area contributed by atoms with Crippen LogP contribution < -0.4 is 0 Å². The molecule has 4 heteroatoms. The predicted molar refractivity (Wildman–Crippen MR) is 80.9 cm³/mol. The van der Waals surface area contributed by atoms with E-state index < -0.39 is 11.9 Å². The summed E-state index contributed by atoms with van der Waals surface area (Å²) in [4.78, 5) is 12.5. The highest BCUT2D eigenvalue weighted by atomic mass is 35.5. The molecule has 0 spiro atoms. The van der Waals surface area contributed by atoms with E-state index in [0.29, 0.717) is 12.2 Å². The van der Waals surface area contributed by atoms with Crippen LogP contribution in [0.2, 0.25) is 5.02 Å². The monoisotopic (exact) mass is 306 g/mol. The topological polar surface area (TPSA) is 26.3 Å². The summed E-state index contributed by atoms with van der Waals surface area (Å²) in [6.45, 7) is 2.25. The van der Waals surface area contributed by atoms with Gasteiger partial charge in [-0.3, -0.25) is 4.79 Å². The van der Waals surface area contributed by atoms with Gasteiger partial charge in [0.1, 0.15) is 11.9 Å². The van der Waals surface area contributed by atoms with E-state index in [2.05, 4.69) is 0 Å². The average Bonchev–Trinajstić information content (AvgIpc) is 2.50. The first-order valence-corrected chi connectivity index (χ1v) is 7.13. The summed E-state index contributed by atoms with van der Waals surface area (Å²) < 4.78 is 19.0. The zero-order chi connectivity index (χ0) is 15.2. The minimum absolute atomic E-state index is 0.00541. The molecule has 0 saturated heterocycles. The van der Waals surface area contributed by atoms with Crippen molar-refractivity contribution >= 4 is 17.4 Å². The Bertz CT molecular complexity index is 613. The van der Waals surface area contributed by atoms with Crippen LogP contribution in [-0.4, -0.2) is 12.4 Å². The first kappa shape index (κ1) is 15.7. The van der Waals surface area contributed by atoms with Crippen molar-refractivity contribution in [3.63, 3.8) is 0 Å². The summed E-state index contributed by atoms with van der Waals surface area (Å²) in [5.74, 6) is -0.662. The van der Waals surface area contributed by atoms with Crippen LogP contribution in [0.5, 0.6) is 0 Å². The van der Waals surface area contributed by atoms with Crippen LogP contribution >= 0.6 is 11.6 Å². The molecule has 1 atom stereocenters. The highest BCUT2D eigenvalue weighted by Crippen LogP contribution is 2.24. The Hall–Kier alpha value is -1.71. The quantitative estimate of drug-likeness (QED) is 0.792. The molecule has 0 amide bonds. The molecule has 0 fully saturated rings. The second-order valence-corrected chi connectivity index (χ2v) is 4.98. The summed E-state index contributed by atoms with van der Waals surface area (Å²) in [7, 11) is 0. The van der Waals surface area contributed by atoms with E-state index in [1.54, 1.807) is 12.1 Å². The van der Waals surface area contributed by atoms with Gasteiger partial charge in [0.15, 0.2) is 5.78 Å². The maximum absolute atomic E-state index is 13.4. The van der Waals surface area contributed by atoms with Gasteiger partial charge in [-0.05, 0) is 24.1 Å². The zero-order valence-electron chi connectivity index (χ0n) is 11.7. The molecule has 0 bridgehead atoms. The number of carbonyl (C=O) groups is 1. The number of rotatable bonds is 6. The molecular formula is C17H16ClFO2. The number of ether oxygens (including phenoxy) is 1. The lowest BCUT2D eigenvalue weighted by Crippen LogP contribution is -2.18. The van der Waals surface area contributed by atoms with Crippen molar-refractivity contribution in [3.8, 4) is 0 Å². The molecule has 0 heterocycles. The van der Waals surface area contributed by atoms with E-state index in [9.17, 15) is 9.18 Å². The number of benzene rings is 2. The summed E-state index contributed by atoms with van der Waals surface area (Å²) in [5.41, 5.74) is 1.26. The first-order chi connectivity index (χ1) is 10.1. The summed E-state index contributed by atoms with van der Waals surface area (Å²) >= 11 is 5.90. The molecule has 0 aliphatic rings. The second-order valence-electron chi connectivity index (χ2n) is 4.60. The van der Waals surface area contributed by atoms with Crippen LogP contribution in [0.3, 0.4) is 0 Å². The van der Waals surface area contributed by atoms with E-state index in [0.717, 1.165) is 5.56 Å². The molecule has 0 aliphatic heterocycles. The number of hydrogen-bond donors (Lipinski definition) is 0. The van der Waals surface area contributed by atoms with Gasteiger partial charge in [-0.2, -0.15) is 0 Å². The molecule has 0 aromatic heterocycles. The molecule has 0 radical (unpaired) electrons. The summed E-state index contributed by atoms with van der Waals surface area (Å²) in [6, 6.07) is 13.7. The number of Topliss-reactive ketones (excluding diaryl/α,β-unsaturated/α-hetero) is 1. The lowest BCUT2D eigenvalue weighted by Gasteiger charge is -2.16. The van der Waals surface area contributed by atoms with Gasteiger partial charge in [0.25, 0.3) is 0 Å².